The normalized spacial score (nSPS) is 20.2. The summed E-state index contributed by atoms with van der Waals surface area (Å²) in [6, 6.07) is 7.35. The van der Waals surface area contributed by atoms with Crippen LogP contribution in [0.5, 0.6) is 0 Å². The van der Waals surface area contributed by atoms with Crippen molar-refractivity contribution >= 4 is 5.69 Å². The molecule has 1 unspecified atom stereocenters. The monoisotopic (exact) mass is 260 g/mol. The zero-order chi connectivity index (χ0) is 13.2. The van der Waals surface area contributed by atoms with E-state index >= 15 is 0 Å². The second kappa shape index (κ2) is 5.51. The molecule has 3 nitrogen and oxygen atoms in total. The molecule has 1 fully saturated rings. The molecule has 2 aliphatic rings. The van der Waals surface area contributed by atoms with E-state index in [-0.39, 0.29) is 6.10 Å². The fraction of sp³-hybridized carbons (Fsp3) is 0.625. The number of anilines is 1. The number of benzene rings is 1. The number of nitrogens with zero attached hydrogens (tertiary/aromatic N) is 1. The van der Waals surface area contributed by atoms with E-state index in [1.807, 2.05) is 0 Å². The van der Waals surface area contributed by atoms with Crippen LogP contribution in [0.2, 0.25) is 0 Å². The molecule has 1 atom stereocenters. The van der Waals surface area contributed by atoms with E-state index in [0.29, 0.717) is 6.04 Å². The van der Waals surface area contributed by atoms with E-state index in [1.54, 1.807) is 0 Å². The summed E-state index contributed by atoms with van der Waals surface area (Å²) in [6.07, 6.45) is 4.65. The highest BCUT2D eigenvalue weighted by atomic mass is 16.3. The van der Waals surface area contributed by atoms with Crippen LogP contribution in [0.3, 0.4) is 0 Å². The van der Waals surface area contributed by atoms with Crippen LogP contribution < -0.4 is 10.2 Å². The van der Waals surface area contributed by atoms with Gasteiger partial charge in [0.2, 0.25) is 0 Å². The molecule has 1 heterocycles. The lowest BCUT2D eigenvalue weighted by Gasteiger charge is -2.33. The first-order chi connectivity index (χ1) is 9.22. The molecule has 1 aliphatic carbocycles. The predicted molar refractivity (Wildman–Crippen MR) is 78.7 cm³/mol. The molecule has 104 valence electrons. The van der Waals surface area contributed by atoms with Crippen molar-refractivity contribution in [3.05, 3.63) is 29.3 Å². The van der Waals surface area contributed by atoms with E-state index in [2.05, 4.69) is 35.3 Å². The smallest absolute Gasteiger partial charge is 0.0839 e. The SMILES string of the molecule is Cc1ccc2c(c1)CCCN2CC(O)CNC1CC1. The maximum atomic E-state index is 10.2. The fourth-order valence-electron chi connectivity index (χ4n) is 2.90. The Labute approximate surface area is 115 Å². The van der Waals surface area contributed by atoms with Gasteiger partial charge in [0, 0.05) is 31.4 Å². The van der Waals surface area contributed by atoms with Crippen molar-refractivity contribution < 1.29 is 5.11 Å². The van der Waals surface area contributed by atoms with Crippen LogP contribution in [0.15, 0.2) is 18.2 Å². The third-order valence-electron chi connectivity index (χ3n) is 4.10. The molecule has 0 spiro atoms. The highest BCUT2D eigenvalue weighted by Gasteiger charge is 2.23. The quantitative estimate of drug-likeness (QED) is 0.848. The van der Waals surface area contributed by atoms with Crippen LogP contribution in [0.1, 0.15) is 30.4 Å². The van der Waals surface area contributed by atoms with Gasteiger partial charge in [0.05, 0.1) is 6.10 Å². The number of aliphatic hydroxyl groups is 1. The summed E-state index contributed by atoms with van der Waals surface area (Å²) in [5.41, 5.74) is 4.09. The van der Waals surface area contributed by atoms with E-state index in [0.717, 1.165) is 19.6 Å². The lowest BCUT2D eigenvalue weighted by atomic mass is 9.99. The van der Waals surface area contributed by atoms with Gasteiger partial charge in [-0.25, -0.2) is 0 Å². The number of hydrogen-bond acceptors (Lipinski definition) is 3. The molecule has 19 heavy (non-hydrogen) atoms. The Hall–Kier alpha value is -1.06. The van der Waals surface area contributed by atoms with Crippen LogP contribution in [0.25, 0.3) is 0 Å². The Morgan fingerprint density at radius 2 is 2.26 bits per heavy atom. The Morgan fingerprint density at radius 3 is 3.05 bits per heavy atom. The van der Waals surface area contributed by atoms with Crippen molar-refractivity contribution in [3.63, 3.8) is 0 Å². The number of hydrogen-bond donors (Lipinski definition) is 2. The first-order valence-corrected chi connectivity index (χ1v) is 7.48. The molecular weight excluding hydrogens is 236 g/mol. The fourth-order valence-corrected chi connectivity index (χ4v) is 2.90. The topological polar surface area (TPSA) is 35.5 Å². The van der Waals surface area contributed by atoms with Gasteiger partial charge in [-0.2, -0.15) is 0 Å². The Bertz CT molecular complexity index is 442. The van der Waals surface area contributed by atoms with Gasteiger partial charge in [0.25, 0.3) is 0 Å². The molecule has 0 bridgehead atoms. The van der Waals surface area contributed by atoms with Crippen LogP contribution in [0, 0.1) is 6.92 Å². The molecule has 1 saturated carbocycles. The van der Waals surface area contributed by atoms with Crippen molar-refractivity contribution in [3.8, 4) is 0 Å². The van der Waals surface area contributed by atoms with Gasteiger partial charge in [-0.15, -0.1) is 0 Å². The lowest BCUT2D eigenvalue weighted by Crippen LogP contribution is -2.41. The number of nitrogens with one attached hydrogen (secondary N) is 1. The summed E-state index contributed by atoms with van der Waals surface area (Å²) in [5.74, 6) is 0. The van der Waals surface area contributed by atoms with E-state index < -0.39 is 0 Å². The van der Waals surface area contributed by atoms with Crippen molar-refractivity contribution in [2.45, 2.75) is 44.8 Å². The van der Waals surface area contributed by atoms with Gasteiger partial charge >= 0.3 is 0 Å². The van der Waals surface area contributed by atoms with Gasteiger partial charge in [-0.3, -0.25) is 0 Å². The summed E-state index contributed by atoms with van der Waals surface area (Å²) in [7, 11) is 0. The maximum absolute atomic E-state index is 10.2. The van der Waals surface area contributed by atoms with Crippen LogP contribution >= 0.6 is 0 Å². The molecule has 0 aromatic heterocycles. The van der Waals surface area contributed by atoms with Crippen molar-refractivity contribution in [2.75, 3.05) is 24.5 Å². The second-order valence-electron chi connectivity index (χ2n) is 6.02. The number of aryl methyl sites for hydroxylation is 2. The van der Waals surface area contributed by atoms with Crippen LogP contribution in [0.4, 0.5) is 5.69 Å². The number of aliphatic hydroxyl groups excluding tert-OH is 1. The van der Waals surface area contributed by atoms with E-state index in [9.17, 15) is 5.11 Å². The number of β-amino-alcohol motifs (C(OH)–C–C–N with tert-alkyl or cyclic N) is 1. The summed E-state index contributed by atoms with van der Waals surface area (Å²) in [5, 5.41) is 13.6. The summed E-state index contributed by atoms with van der Waals surface area (Å²) < 4.78 is 0. The predicted octanol–water partition coefficient (Wildman–Crippen LogP) is 1.86. The van der Waals surface area contributed by atoms with Gasteiger partial charge in [0.15, 0.2) is 0 Å². The number of fused-ring (bicyclic) bond motifs is 1. The largest absolute Gasteiger partial charge is 0.390 e. The van der Waals surface area contributed by atoms with E-state index in [4.69, 9.17) is 0 Å². The van der Waals surface area contributed by atoms with E-state index in [1.165, 1.54) is 42.5 Å². The summed E-state index contributed by atoms with van der Waals surface area (Å²) in [6.45, 7) is 4.68. The van der Waals surface area contributed by atoms with Crippen molar-refractivity contribution in [1.29, 1.82) is 0 Å². The van der Waals surface area contributed by atoms with Gasteiger partial charge in [0.1, 0.15) is 0 Å². The van der Waals surface area contributed by atoms with Gasteiger partial charge < -0.3 is 15.3 Å². The first-order valence-electron chi connectivity index (χ1n) is 7.48. The molecule has 0 radical (unpaired) electrons. The van der Waals surface area contributed by atoms with Crippen molar-refractivity contribution in [2.24, 2.45) is 0 Å². The molecule has 2 N–H and O–H groups in total. The van der Waals surface area contributed by atoms with Crippen LogP contribution in [-0.4, -0.2) is 36.9 Å². The minimum atomic E-state index is -0.271. The third-order valence-corrected chi connectivity index (χ3v) is 4.10. The van der Waals surface area contributed by atoms with Gasteiger partial charge in [-0.1, -0.05) is 17.7 Å². The molecule has 1 aromatic carbocycles. The molecule has 0 amide bonds. The molecule has 3 heteroatoms. The number of rotatable bonds is 5. The maximum Gasteiger partial charge on any atom is 0.0839 e. The summed E-state index contributed by atoms with van der Waals surface area (Å²) >= 11 is 0. The zero-order valence-corrected chi connectivity index (χ0v) is 11.7. The zero-order valence-electron chi connectivity index (χ0n) is 11.7. The van der Waals surface area contributed by atoms with Gasteiger partial charge in [-0.05, 0) is 44.2 Å². The standard InChI is InChI=1S/C16H24N2O/c1-12-4-7-16-13(9-12)3-2-8-18(16)11-15(19)10-17-14-5-6-14/h4,7,9,14-15,17,19H,2-3,5-6,8,10-11H2,1H3. The Balaban J connectivity index is 1.62. The molecule has 1 aromatic rings. The molecule has 3 rings (SSSR count). The highest BCUT2D eigenvalue weighted by Crippen LogP contribution is 2.28. The average molecular weight is 260 g/mol. The summed E-state index contributed by atoms with van der Waals surface area (Å²) in [4.78, 5) is 2.34. The Kier molecular flexibility index (Phi) is 3.76. The molecule has 1 aliphatic heterocycles. The third kappa shape index (κ3) is 3.28. The highest BCUT2D eigenvalue weighted by molar-refractivity contribution is 5.56. The van der Waals surface area contributed by atoms with Crippen LogP contribution in [-0.2, 0) is 6.42 Å². The minimum Gasteiger partial charge on any atom is -0.390 e. The average Bonchev–Trinajstić information content (AvgIpc) is 3.20. The molecular formula is C16H24N2O. The Morgan fingerprint density at radius 1 is 1.42 bits per heavy atom. The lowest BCUT2D eigenvalue weighted by molar-refractivity contribution is 0.175. The first kappa shape index (κ1) is 12.9. The second-order valence-corrected chi connectivity index (χ2v) is 6.02. The molecule has 0 saturated heterocycles. The minimum absolute atomic E-state index is 0.271. The van der Waals surface area contributed by atoms with Crippen molar-refractivity contribution in [1.82, 2.24) is 5.32 Å².